The minimum Gasteiger partial charge on any atom is -0.384 e. The van der Waals surface area contributed by atoms with Crippen LogP contribution in [0, 0.1) is 0 Å². The van der Waals surface area contributed by atoms with Gasteiger partial charge in [0.1, 0.15) is 18.1 Å². The molecule has 2 aliphatic rings. The number of carbonyl (C=O) groups is 1. The van der Waals surface area contributed by atoms with Crippen molar-refractivity contribution in [3.05, 3.63) is 34.8 Å². The van der Waals surface area contributed by atoms with Gasteiger partial charge >= 0.3 is 0 Å². The molecule has 0 saturated carbocycles. The maximum atomic E-state index is 12.2. The van der Waals surface area contributed by atoms with Gasteiger partial charge in [-0.1, -0.05) is 57.7 Å². The van der Waals surface area contributed by atoms with Crippen LogP contribution < -0.4 is 10.6 Å². The van der Waals surface area contributed by atoms with Crippen molar-refractivity contribution in [3.63, 3.8) is 0 Å². The number of amidine groups is 1. The van der Waals surface area contributed by atoms with E-state index in [1.165, 1.54) is 44.2 Å². The number of hydrogen-bond acceptors (Lipinski definition) is 4. The van der Waals surface area contributed by atoms with E-state index in [0.717, 1.165) is 62.5 Å². The lowest BCUT2D eigenvalue weighted by molar-refractivity contribution is -0.569. The first kappa shape index (κ1) is 34.1. The molecule has 40 heavy (non-hydrogen) atoms. The van der Waals surface area contributed by atoms with Gasteiger partial charge < -0.3 is 20.3 Å². The quantitative estimate of drug-likeness (QED) is 0.0682. The molecular weight excluding hydrogens is 522 g/mol. The summed E-state index contributed by atoms with van der Waals surface area (Å²) in [4.78, 5) is 18.8. The van der Waals surface area contributed by atoms with E-state index in [4.69, 9.17) is 16.3 Å². The summed E-state index contributed by atoms with van der Waals surface area (Å²) in [6, 6.07) is 0.608. The second kappa shape index (κ2) is 19.9. The van der Waals surface area contributed by atoms with Crippen LogP contribution in [0.25, 0.3) is 0 Å². The Kier molecular flexibility index (Phi) is 16.9. The van der Waals surface area contributed by atoms with E-state index in [2.05, 4.69) is 60.0 Å². The highest BCUT2D eigenvalue weighted by atomic mass is 35.5. The van der Waals surface area contributed by atoms with Crippen LogP contribution >= 0.6 is 11.6 Å². The first-order chi connectivity index (χ1) is 19.4. The maximum Gasteiger partial charge on any atom is 0.224 e. The second-order valence-electron chi connectivity index (χ2n) is 10.9. The molecule has 0 bridgehead atoms. The number of aliphatic imine (C=N–C) groups is 1. The molecule has 0 aromatic carbocycles. The fourth-order valence-electron chi connectivity index (χ4n) is 5.28. The number of carbonyl (C=O) groups excluding carboxylic acids is 1. The first-order valence-electron chi connectivity index (χ1n) is 15.7. The summed E-state index contributed by atoms with van der Waals surface area (Å²) in [7, 11) is 0. The number of amides is 1. The largest absolute Gasteiger partial charge is 0.384 e. The number of nitrogens with zero attached hydrogens (tertiary/aromatic N) is 3. The third-order valence-corrected chi connectivity index (χ3v) is 7.86. The van der Waals surface area contributed by atoms with Crippen molar-refractivity contribution in [3.8, 4) is 0 Å². The van der Waals surface area contributed by atoms with Gasteiger partial charge in [0.25, 0.3) is 0 Å². The van der Waals surface area contributed by atoms with Crippen LogP contribution in [0.15, 0.2) is 39.8 Å². The molecule has 8 heteroatoms. The van der Waals surface area contributed by atoms with Crippen molar-refractivity contribution >= 4 is 29.1 Å². The van der Waals surface area contributed by atoms with E-state index in [9.17, 15) is 4.79 Å². The van der Waals surface area contributed by atoms with Crippen molar-refractivity contribution in [2.24, 2.45) is 4.99 Å². The molecule has 0 aromatic heterocycles. The number of nitrogens with one attached hydrogen (secondary N) is 2. The Bertz CT molecular complexity index is 938. The highest BCUT2D eigenvalue weighted by Gasteiger charge is 2.26. The van der Waals surface area contributed by atoms with Crippen LogP contribution in [0.3, 0.4) is 0 Å². The summed E-state index contributed by atoms with van der Waals surface area (Å²) in [5.74, 6) is 0.996. The fourth-order valence-corrected chi connectivity index (χ4v) is 5.47. The zero-order valence-corrected chi connectivity index (χ0v) is 26.6. The van der Waals surface area contributed by atoms with Gasteiger partial charge in [-0.3, -0.25) is 4.79 Å². The normalized spacial score (nSPS) is 18.6. The van der Waals surface area contributed by atoms with Crippen LogP contribution in [0.5, 0.6) is 0 Å². The van der Waals surface area contributed by atoms with Crippen molar-refractivity contribution in [2.75, 3.05) is 39.4 Å². The zero-order chi connectivity index (χ0) is 29.2. The highest BCUT2D eigenvalue weighted by molar-refractivity contribution is 6.31. The number of unbranched alkanes of at least 4 members (excludes halogenated alkanes) is 3. The minimum atomic E-state index is 0.176. The molecule has 1 atom stereocenters. The highest BCUT2D eigenvalue weighted by Crippen LogP contribution is 2.18. The average Bonchev–Trinajstić information content (AvgIpc) is 3.15. The second-order valence-corrected chi connectivity index (χ2v) is 11.3. The molecule has 0 radical (unpaired) electrons. The van der Waals surface area contributed by atoms with Gasteiger partial charge in [-0.15, -0.1) is 0 Å². The predicted molar refractivity (Wildman–Crippen MR) is 169 cm³/mol. The van der Waals surface area contributed by atoms with Gasteiger partial charge in [-0.05, 0) is 38.7 Å². The first-order valence-corrected chi connectivity index (χ1v) is 16.1. The van der Waals surface area contributed by atoms with Crippen LogP contribution in [0.1, 0.15) is 105 Å². The molecule has 7 nitrogen and oxygen atoms in total. The molecule has 2 heterocycles. The number of rotatable bonds is 17. The summed E-state index contributed by atoms with van der Waals surface area (Å²) < 4.78 is 8.03. The molecule has 2 aliphatic heterocycles. The fraction of sp³-hybridized carbons (Fsp3) is 0.719. The van der Waals surface area contributed by atoms with Gasteiger partial charge in [0.05, 0.1) is 30.4 Å². The molecule has 1 fully saturated rings. The Morgan fingerprint density at radius 2 is 2.00 bits per heavy atom. The molecule has 0 aliphatic carbocycles. The van der Waals surface area contributed by atoms with E-state index in [-0.39, 0.29) is 5.91 Å². The maximum absolute atomic E-state index is 12.2. The lowest BCUT2D eigenvalue weighted by Gasteiger charge is -2.22. The third kappa shape index (κ3) is 12.2. The van der Waals surface area contributed by atoms with E-state index < -0.39 is 0 Å². The standard InChI is InChI=1S/C32H55ClN5O2/c1-6-9-11-15-28(14-8-3)38-21-12-17-30(26(38)4)36-27(5)35-25-29(33)31(16-10-7-2)34-19-13-20-37-22-24-40-23-18-32(37)39/h16-17,25,28,34H,6-15,18-24H2,1-5H3,(H,35,36)/q+1/b29-25+,31-16-. The topological polar surface area (TPSA) is 69.0 Å². The average molecular weight is 577 g/mol. The number of halogens is 1. The van der Waals surface area contributed by atoms with Gasteiger partial charge in [0.2, 0.25) is 5.91 Å². The van der Waals surface area contributed by atoms with Crippen molar-refractivity contribution in [2.45, 2.75) is 111 Å². The SMILES string of the molecule is CCC/C=C(NCCCN1CCOCCC1=O)/C(Cl)=C\N=C(C)NC1=CCC[N+](C(CCC)CCCCC)=C1C. The number of allylic oxidation sites excluding steroid dienone is 3. The van der Waals surface area contributed by atoms with Crippen LogP contribution in [-0.4, -0.2) is 72.4 Å². The molecule has 2 N–H and O–H groups in total. The molecule has 0 spiro atoms. The van der Waals surface area contributed by atoms with Gasteiger partial charge in [-0.2, -0.15) is 0 Å². The van der Waals surface area contributed by atoms with Crippen LogP contribution in [0.2, 0.25) is 0 Å². The number of hydrogen-bond donors (Lipinski definition) is 2. The summed E-state index contributed by atoms with van der Waals surface area (Å²) in [5.41, 5.74) is 3.36. The van der Waals surface area contributed by atoms with Crippen molar-refractivity contribution in [1.82, 2.24) is 15.5 Å². The van der Waals surface area contributed by atoms with E-state index in [1.54, 1.807) is 6.20 Å². The molecule has 1 unspecified atom stereocenters. The lowest BCUT2D eigenvalue weighted by Crippen LogP contribution is -2.38. The Balaban J connectivity index is 2.00. The van der Waals surface area contributed by atoms with Crippen molar-refractivity contribution < 1.29 is 14.1 Å². The molecule has 0 aromatic rings. The van der Waals surface area contributed by atoms with Gasteiger partial charge in [0, 0.05) is 52.0 Å². The minimum absolute atomic E-state index is 0.176. The van der Waals surface area contributed by atoms with Crippen LogP contribution in [0.4, 0.5) is 0 Å². The molecule has 1 amide bonds. The van der Waals surface area contributed by atoms with Crippen LogP contribution in [-0.2, 0) is 9.53 Å². The lowest BCUT2D eigenvalue weighted by atomic mass is 10.0. The Labute approximate surface area is 248 Å². The smallest absolute Gasteiger partial charge is 0.224 e. The van der Waals surface area contributed by atoms with E-state index >= 15 is 0 Å². The zero-order valence-electron chi connectivity index (χ0n) is 25.9. The monoisotopic (exact) mass is 576 g/mol. The third-order valence-electron chi connectivity index (χ3n) is 7.56. The van der Waals surface area contributed by atoms with E-state index in [1.807, 2.05) is 11.8 Å². The molecular formula is C32H55ClN5O2+. The molecule has 226 valence electrons. The van der Waals surface area contributed by atoms with Crippen molar-refractivity contribution in [1.29, 1.82) is 0 Å². The van der Waals surface area contributed by atoms with E-state index in [0.29, 0.717) is 37.3 Å². The Morgan fingerprint density at radius 3 is 2.75 bits per heavy atom. The summed E-state index contributed by atoms with van der Waals surface area (Å²) in [6.45, 7) is 15.3. The summed E-state index contributed by atoms with van der Waals surface area (Å²) >= 11 is 6.72. The Morgan fingerprint density at radius 1 is 1.18 bits per heavy atom. The summed E-state index contributed by atoms with van der Waals surface area (Å²) in [6.07, 6.45) is 18.1. The summed E-state index contributed by atoms with van der Waals surface area (Å²) in [5, 5.41) is 7.60. The molecule has 2 rings (SSSR count). The predicted octanol–water partition coefficient (Wildman–Crippen LogP) is 6.50. The van der Waals surface area contributed by atoms with Gasteiger partial charge in [0.15, 0.2) is 11.8 Å². The van der Waals surface area contributed by atoms with Gasteiger partial charge in [-0.25, -0.2) is 9.57 Å². The Hall–Kier alpha value is -2.12. The number of ether oxygens (including phenoxy) is 1. The molecule has 1 saturated heterocycles.